The van der Waals surface area contributed by atoms with Crippen LogP contribution >= 0.6 is 0 Å². The van der Waals surface area contributed by atoms with Crippen molar-refractivity contribution in [2.24, 2.45) is 7.05 Å². The standard InChI is InChI=1S/C10H16N6/c1-15(2)10-14-13-9(16(10)3)12-7-8-5-4-6-11-8/h4-6,11H,7H2,1-3H3,(H,12,13). The van der Waals surface area contributed by atoms with E-state index < -0.39 is 0 Å². The van der Waals surface area contributed by atoms with Gasteiger partial charge < -0.3 is 15.2 Å². The second-order valence-electron chi connectivity index (χ2n) is 3.83. The van der Waals surface area contributed by atoms with Crippen LogP contribution < -0.4 is 10.2 Å². The normalized spacial score (nSPS) is 10.4. The van der Waals surface area contributed by atoms with Crippen molar-refractivity contribution in [2.75, 3.05) is 24.3 Å². The predicted octanol–water partition coefficient (Wildman–Crippen LogP) is 0.821. The summed E-state index contributed by atoms with van der Waals surface area (Å²) >= 11 is 0. The van der Waals surface area contributed by atoms with E-state index in [1.807, 2.05) is 48.9 Å². The summed E-state index contributed by atoms with van der Waals surface area (Å²) in [6.07, 6.45) is 1.90. The average Bonchev–Trinajstić information content (AvgIpc) is 2.84. The lowest BCUT2D eigenvalue weighted by Crippen LogP contribution is -2.14. The van der Waals surface area contributed by atoms with E-state index in [2.05, 4.69) is 20.5 Å². The lowest BCUT2D eigenvalue weighted by molar-refractivity contribution is 0.860. The molecular formula is C10H16N6. The minimum absolute atomic E-state index is 0.715. The number of nitrogens with zero attached hydrogens (tertiary/aromatic N) is 4. The van der Waals surface area contributed by atoms with Crippen molar-refractivity contribution in [1.29, 1.82) is 0 Å². The molecule has 0 aliphatic carbocycles. The molecule has 0 amide bonds. The molecule has 6 heteroatoms. The first kappa shape index (κ1) is 10.5. The summed E-state index contributed by atoms with van der Waals surface area (Å²) in [5.74, 6) is 1.59. The topological polar surface area (TPSA) is 61.8 Å². The quantitative estimate of drug-likeness (QED) is 0.801. The molecule has 2 heterocycles. The lowest BCUT2D eigenvalue weighted by atomic mass is 10.4. The van der Waals surface area contributed by atoms with Crippen LogP contribution in [0.4, 0.5) is 11.9 Å². The molecule has 0 saturated heterocycles. The Morgan fingerprint density at radius 2 is 2.25 bits per heavy atom. The highest BCUT2D eigenvalue weighted by atomic mass is 15.4. The molecule has 0 aliphatic heterocycles. The third-order valence-corrected chi connectivity index (χ3v) is 2.35. The van der Waals surface area contributed by atoms with Gasteiger partial charge in [-0.05, 0) is 12.1 Å². The Hall–Kier alpha value is -1.98. The number of aromatic nitrogens is 4. The van der Waals surface area contributed by atoms with Gasteiger partial charge in [-0.15, -0.1) is 10.2 Å². The molecule has 86 valence electrons. The smallest absolute Gasteiger partial charge is 0.227 e. The van der Waals surface area contributed by atoms with E-state index in [4.69, 9.17) is 0 Å². The molecule has 0 fully saturated rings. The van der Waals surface area contributed by atoms with E-state index in [1.165, 1.54) is 0 Å². The van der Waals surface area contributed by atoms with Crippen LogP contribution in [-0.2, 0) is 13.6 Å². The van der Waals surface area contributed by atoms with E-state index in [-0.39, 0.29) is 0 Å². The maximum Gasteiger partial charge on any atom is 0.227 e. The van der Waals surface area contributed by atoms with Gasteiger partial charge in [0.05, 0.1) is 6.54 Å². The summed E-state index contributed by atoms with van der Waals surface area (Å²) in [6, 6.07) is 4.00. The van der Waals surface area contributed by atoms with Crippen LogP contribution in [0, 0.1) is 0 Å². The fourth-order valence-electron chi connectivity index (χ4n) is 1.52. The van der Waals surface area contributed by atoms with Crippen LogP contribution in [0.15, 0.2) is 18.3 Å². The van der Waals surface area contributed by atoms with Crippen molar-refractivity contribution in [1.82, 2.24) is 19.7 Å². The van der Waals surface area contributed by atoms with Gasteiger partial charge in [0.1, 0.15) is 0 Å². The van der Waals surface area contributed by atoms with Gasteiger partial charge in [-0.3, -0.25) is 4.57 Å². The van der Waals surface area contributed by atoms with Gasteiger partial charge in [-0.25, -0.2) is 0 Å². The second-order valence-corrected chi connectivity index (χ2v) is 3.83. The number of hydrogen-bond donors (Lipinski definition) is 2. The molecule has 16 heavy (non-hydrogen) atoms. The number of anilines is 2. The van der Waals surface area contributed by atoms with Crippen molar-refractivity contribution < 1.29 is 0 Å². The monoisotopic (exact) mass is 220 g/mol. The fraction of sp³-hybridized carbons (Fsp3) is 0.400. The molecule has 0 aromatic carbocycles. The third-order valence-electron chi connectivity index (χ3n) is 2.35. The molecule has 0 radical (unpaired) electrons. The molecule has 0 unspecified atom stereocenters. The first-order valence-electron chi connectivity index (χ1n) is 5.11. The fourth-order valence-corrected chi connectivity index (χ4v) is 1.52. The van der Waals surface area contributed by atoms with Gasteiger partial charge in [-0.2, -0.15) is 0 Å². The molecule has 2 rings (SSSR count). The average molecular weight is 220 g/mol. The van der Waals surface area contributed by atoms with Crippen molar-refractivity contribution >= 4 is 11.9 Å². The van der Waals surface area contributed by atoms with Gasteiger partial charge in [0, 0.05) is 33.0 Å². The Bertz CT molecular complexity index is 442. The summed E-state index contributed by atoms with van der Waals surface area (Å²) in [5, 5.41) is 11.4. The SMILES string of the molecule is CN(C)c1nnc(NCc2ccc[nH]2)n1C. The Labute approximate surface area is 94.3 Å². The Kier molecular flexibility index (Phi) is 2.80. The van der Waals surface area contributed by atoms with Crippen LogP contribution in [0.5, 0.6) is 0 Å². The van der Waals surface area contributed by atoms with Crippen LogP contribution in [0.25, 0.3) is 0 Å². The Morgan fingerprint density at radius 3 is 2.81 bits per heavy atom. The number of aromatic amines is 1. The predicted molar refractivity (Wildman–Crippen MR) is 63.4 cm³/mol. The minimum Gasteiger partial charge on any atom is -0.364 e. The first-order valence-corrected chi connectivity index (χ1v) is 5.11. The molecule has 2 aromatic rings. The zero-order valence-electron chi connectivity index (χ0n) is 9.73. The van der Waals surface area contributed by atoms with Crippen LogP contribution in [0.1, 0.15) is 5.69 Å². The lowest BCUT2D eigenvalue weighted by Gasteiger charge is -2.11. The van der Waals surface area contributed by atoms with E-state index in [1.54, 1.807) is 0 Å². The highest BCUT2D eigenvalue weighted by Crippen LogP contribution is 2.12. The molecule has 0 saturated carbocycles. The highest BCUT2D eigenvalue weighted by molar-refractivity contribution is 5.38. The van der Waals surface area contributed by atoms with Crippen molar-refractivity contribution in [3.05, 3.63) is 24.0 Å². The zero-order valence-corrected chi connectivity index (χ0v) is 9.73. The molecule has 0 bridgehead atoms. The van der Waals surface area contributed by atoms with Gasteiger partial charge in [0.25, 0.3) is 0 Å². The number of rotatable bonds is 4. The zero-order chi connectivity index (χ0) is 11.5. The molecule has 0 aliphatic rings. The maximum absolute atomic E-state index is 4.08. The van der Waals surface area contributed by atoms with E-state index in [0.717, 1.165) is 17.6 Å². The first-order chi connectivity index (χ1) is 7.68. The summed E-state index contributed by atoms with van der Waals surface area (Å²) in [4.78, 5) is 5.05. The summed E-state index contributed by atoms with van der Waals surface area (Å²) in [5.41, 5.74) is 1.12. The summed E-state index contributed by atoms with van der Waals surface area (Å²) in [6.45, 7) is 0.715. The Morgan fingerprint density at radius 1 is 1.44 bits per heavy atom. The third kappa shape index (κ3) is 2.00. The summed E-state index contributed by atoms with van der Waals surface area (Å²) < 4.78 is 1.92. The van der Waals surface area contributed by atoms with Crippen LogP contribution in [0.2, 0.25) is 0 Å². The van der Waals surface area contributed by atoms with Crippen molar-refractivity contribution in [3.8, 4) is 0 Å². The van der Waals surface area contributed by atoms with Gasteiger partial charge in [0.2, 0.25) is 11.9 Å². The van der Waals surface area contributed by atoms with E-state index in [0.29, 0.717) is 6.54 Å². The second kappa shape index (κ2) is 4.26. The van der Waals surface area contributed by atoms with Gasteiger partial charge >= 0.3 is 0 Å². The molecule has 6 nitrogen and oxygen atoms in total. The maximum atomic E-state index is 4.08. The van der Waals surface area contributed by atoms with Gasteiger partial charge in [-0.1, -0.05) is 0 Å². The highest BCUT2D eigenvalue weighted by Gasteiger charge is 2.09. The number of hydrogen-bond acceptors (Lipinski definition) is 4. The van der Waals surface area contributed by atoms with Crippen molar-refractivity contribution in [2.45, 2.75) is 6.54 Å². The summed E-state index contributed by atoms with van der Waals surface area (Å²) in [7, 11) is 5.82. The van der Waals surface area contributed by atoms with Gasteiger partial charge in [0.15, 0.2) is 0 Å². The molecule has 0 spiro atoms. The number of H-pyrrole nitrogens is 1. The molecular weight excluding hydrogens is 204 g/mol. The van der Waals surface area contributed by atoms with Crippen LogP contribution in [-0.4, -0.2) is 33.8 Å². The van der Waals surface area contributed by atoms with E-state index >= 15 is 0 Å². The van der Waals surface area contributed by atoms with Crippen LogP contribution in [0.3, 0.4) is 0 Å². The molecule has 0 atom stereocenters. The Balaban J connectivity index is 2.05. The largest absolute Gasteiger partial charge is 0.364 e. The van der Waals surface area contributed by atoms with E-state index in [9.17, 15) is 0 Å². The van der Waals surface area contributed by atoms with Crippen molar-refractivity contribution in [3.63, 3.8) is 0 Å². The number of nitrogens with one attached hydrogen (secondary N) is 2. The molecule has 2 aromatic heterocycles. The molecule has 2 N–H and O–H groups in total. The minimum atomic E-state index is 0.715.